The number of nitrogens with one attached hydrogen (secondary N) is 1. The molecule has 0 radical (unpaired) electrons. The second-order valence-electron chi connectivity index (χ2n) is 6.59. The van der Waals surface area contributed by atoms with Crippen LogP contribution < -0.4 is 19.7 Å². The number of ether oxygens (including phenoxy) is 2. The predicted molar refractivity (Wildman–Crippen MR) is 107 cm³/mol. The Kier molecular flexibility index (Phi) is 6.06. The van der Waals surface area contributed by atoms with E-state index in [-0.39, 0.29) is 12.1 Å². The van der Waals surface area contributed by atoms with Crippen molar-refractivity contribution in [3.05, 3.63) is 54.1 Å². The minimum atomic E-state index is -0.162. The number of urea groups is 1. The van der Waals surface area contributed by atoms with Gasteiger partial charge in [-0.2, -0.15) is 0 Å². The average Bonchev–Trinajstić information content (AvgIpc) is 2.73. The highest BCUT2D eigenvalue weighted by atomic mass is 16.5. The molecule has 2 aromatic carbocycles. The quantitative estimate of drug-likeness (QED) is 0.879. The van der Waals surface area contributed by atoms with Gasteiger partial charge in [0.05, 0.1) is 20.3 Å². The summed E-state index contributed by atoms with van der Waals surface area (Å²) in [5.41, 5.74) is 2.13. The first-order valence-corrected chi connectivity index (χ1v) is 9.19. The Morgan fingerprint density at radius 2 is 1.70 bits per heavy atom. The Balaban J connectivity index is 1.58. The van der Waals surface area contributed by atoms with E-state index in [4.69, 9.17) is 9.47 Å². The van der Waals surface area contributed by atoms with Gasteiger partial charge >= 0.3 is 6.03 Å². The lowest BCUT2D eigenvalue weighted by Gasteiger charge is -2.36. The summed E-state index contributed by atoms with van der Waals surface area (Å²) in [6, 6.07) is 15.7. The van der Waals surface area contributed by atoms with Crippen LogP contribution in [0.5, 0.6) is 11.5 Å². The van der Waals surface area contributed by atoms with E-state index in [2.05, 4.69) is 22.3 Å². The van der Waals surface area contributed by atoms with Gasteiger partial charge < -0.3 is 24.6 Å². The molecule has 2 amide bonds. The second-order valence-corrected chi connectivity index (χ2v) is 6.59. The largest absolute Gasteiger partial charge is 0.497 e. The number of nitrogens with zero attached hydrogens (tertiary/aromatic N) is 2. The van der Waals surface area contributed by atoms with E-state index < -0.39 is 0 Å². The Hall–Kier alpha value is -2.89. The molecule has 6 nitrogen and oxygen atoms in total. The molecule has 1 N–H and O–H groups in total. The lowest BCUT2D eigenvalue weighted by molar-refractivity contribution is 0.191. The van der Waals surface area contributed by atoms with Gasteiger partial charge in [0.1, 0.15) is 11.5 Å². The molecule has 1 aliphatic rings. The summed E-state index contributed by atoms with van der Waals surface area (Å²) in [5.74, 6) is 1.43. The van der Waals surface area contributed by atoms with Crippen LogP contribution in [-0.4, -0.2) is 51.3 Å². The molecule has 144 valence electrons. The Morgan fingerprint density at radius 3 is 2.33 bits per heavy atom. The summed E-state index contributed by atoms with van der Waals surface area (Å²) >= 11 is 0. The molecule has 0 saturated carbocycles. The third kappa shape index (κ3) is 4.45. The van der Waals surface area contributed by atoms with E-state index in [1.54, 1.807) is 14.2 Å². The van der Waals surface area contributed by atoms with Crippen LogP contribution in [0, 0.1) is 0 Å². The maximum absolute atomic E-state index is 12.7. The SMILES string of the molecule is COc1ccc([C@H](C)NC(=O)N2CCN(c3ccccc3)CC2)c(OC)c1. The van der Waals surface area contributed by atoms with Gasteiger partial charge in [-0.3, -0.25) is 0 Å². The van der Waals surface area contributed by atoms with E-state index >= 15 is 0 Å². The molecule has 0 bridgehead atoms. The molecular weight excluding hydrogens is 342 g/mol. The fraction of sp³-hybridized carbons (Fsp3) is 0.381. The maximum atomic E-state index is 12.7. The van der Waals surface area contributed by atoms with Gasteiger partial charge in [0.2, 0.25) is 0 Å². The lowest BCUT2D eigenvalue weighted by atomic mass is 10.1. The smallest absolute Gasteiger partial charge is 0.317 e. The van der Waals surface area contributed by atoms with E-state index in [9.17, 15) is 4.79 Å². The van der Waals surface area contributed by atoms with Crippen molar-refractivity contribution in [3.8, 4) is 11.5 Å². The number of benzene rings is 2. The third-order valence-electron chi connectivity index (χ3n) is 4.94. The Labute approximate surface area is 160 Å². The van der Waals surface area contributed by atoms with Crippen LogP contribution in [-0.2, 0) is 0 Å². The molecule has 0 unspecified atom stereocenters. The molecule has 0 aliphatic carbocycles. The molecule has 2 aromatic rings. The first-order valence-electron chi connectivity index (χ1n) is 9.19. The van der Waals surface area contributed by atoms with Crippen molar-refractivity contribution in [2.75, 3.05) is 45.3 Å². The minimum Gasteiger partial charge on any atom is -0.497 e. The Bertz CT molecular complexity index is 759. The topological polar surface area (TPSA) is 54.0 Å². The number of piperazine rings is 1. The molecule has 27 heavy (non-hydrogen) atoms. The fourth-order valence-electron chi connectivity index (χ4n) is 3.34. The number of carbonyl (C=O) groups is 1. The predicted octanol–water partition coefficient (Wildman–Crippen LogP) is 3.30. The molecule has 1 aliphatic heterocycles. The van der Waals surface area contributed by atoms with Crippen molar-refractivity contribution >= 4 is 11.7 Å². The average molecular weight is 369 g/mol. The molecule has 3 rings (SSSR count). The molecule has 6 heteroatoms. The summed E-state index contributed by atoms with van der Waals surface area (Å²) in [6.07, 6.45) is 0. The molecule has 1 fully saturated rings. The highest BCUT2D eigenvalue weighted by Crippen LogP contribution is 2.29. The maximum Gasteiger partial charge on any atom is 0.317 e. The van der Waals surface area contributed by atoms with Crippen LogP contribution in [0.15, 0.2) is 48.5 Å². The van der Waals surface area contributed by atoms with Crippen molar-refractivity contribution in [1.29, 1.82) is 0 Å². The molecule has 1 saturated heterocycles. The number of rotatable bonds is 5. The zero-order chi connectivity index (χ0) is 19.2. The first-order chi connectivity index (χ1) is 13.1. The summed E-state index contributed by atoms with van der Waals surface area (Å²) in [4.78, 5) is 16.9. The number of anilines is 1. The van der Waals surface area contributed by atoms with E-state index in [0.717, 1.165) is 24.4 Å². The lowest BCUT2D eigenvalue weighted by Crippen LogP contribution is -2.52. The van der Waals surface area contributed by atoms with Crippen molar-refractivity contribution < 1.29 is 14.3 Å². The molecule has 1 atom stereocenters. The summed E-state index contributed by atoms with van der Waals surface area (Å²) in [7, 11) is 3.24. The number of carbonyl (C=O) groups excluding carboxylic acids is 1. The molecular formula is C21H27N3O3. The van der Waals surface area contributed by atoms with Crippen LogP contribution in [0.1, 0.15) is 18.5 Å². The third-order valence-corrected chi connectivity index (χ3v) is 4.94. The highest BCUT2D eigenvalue weighted by molar-refractivity contribution is 5.75. The Morgan fingerprint density at radius 1 is 1.00 bits per heavy atom. The van der Waals surface area contributed by atoms with Crippen molar-refractivity contribution in [3.63, 3.8) is 0 Å². The summed E-state index contributed by atoms with van der Waals surface area (Å²) < 4.78 is 10.7. The van der Waals surface area contributed by atoms with Gasteiger partial charge in [0.25, 0.3) is 0 Å². The first kappa shape index (κ1) is 18.9. The zero-order valence-corrected chi connectivity index (χ0v) is 16.1. The van der Waals surface area contributed by atoms with Crippen molar-refractivity contribution in [2.45, 2.75) is 13.0 Å². The van der Waals surface area contributed by atoms with Crippen LogP contribution >= 0.6 is 0 Å². The zero-order valence-electron chi connectivity index (χ0n) is 16.1. The van der Waals surface area contributed by atoms with Crippen molar-refractivity contribution in [2.24, 2.45) is 0 Å². The highest BCUT2D eigenvalue weighted by Gasteiger charge is 2.23. The normalized spacial score (nSPS) is 15.2. The van der Waals surface area contributed by atoms with Gasteiger partial charge in [0.15, 0.2) is 0 Å². The van der Waals surface area contributed by atoms with Gasteiger partial charge in [-0.1, -0.05) is 18.2 Å². The fourth-order valence-corrected chi connectivity index (χ4v) is 3.34. The van der Waals surface area contributed by atoms with Gasteiger partial charge in [-0.05, 0) is 31.2 Å². The van der Waals surface area contributed by atoms with Crippen LogP contribution in [0.2, 0.25) is 0 Å². The van der Waals surface area contributed by atoms with E-state index in [1.807, 2.05) is 48.2 Å². The van der Waals surface area contributed by atoms with E-state index in [0.29, 0.717) is 18.8 Å². The van der Waals surface area contributed by atoms with Crippen LogP contribution in [0.3, 0.4) is 0 Å². The second kappa shape index (κ2) is 8.66. The number of methoxy groups -OCH3 is 2. The number of hydrogen-bond acceptors (Lipinski definition) is 4. The van der Waals surface area contributed by atoms with Gasteiger partial charge in [-0.25, -0.2) is 4.79 Å². The molecule has 1 heterocycles. The summed E-state index contributed by atoms with van der Waals surface area (Å²) in [5, 5.41) is 3.08. The summed E-state index contributed by atoms with van der Waals surface area (Å²) in [6.45, 7) is 5.03. The minimum absolute atomic E-state index is 0.0481. The van der Waals surface area contributed by atoms with Crippen LogP contribution in [0.25, 0.3) is 0 Å². The van der Waals surface area contributed by atoms with Crippen molar-refractivity contribution in [1.82, 2.24) is 10.2 Å². The van der Waals surface area contributed by atoms with Crippen LogP contribution in [0.4, 0.5) is 10.5 Å². The van der Waals surface area contributed by atoms with Gasteiger partial charge in [-0.15, -0.1) is 0 Å². The monoisotopic (exact) mass is 369 g/mol. The van der Waals surface area contributed by atoms with E-state index in [1.165, 1.54) is 5.69 Å². The number of para-hydroxylation sites is 1. The number of amides is 2. The standard InChI is InChI=1S/C21H27N3O3/c1-16(19-10-9-18(26-2)15-20(19)27-3)22-21(25)24-13-11-23(12-14-24)17-7-5-4-6-8-17/h4-10,15-16H,11-14H2,1-3H3,(H,22,25)/t16-/m0/s1. The number of hydrogen-bond donors (Lipinski definition) is 1. The molecule has 0 spiro atoms. The van der Waals surface area contributed by atoms with Gasteiger partial charge in [0, 0.05) is 43.5 Å². The molecule has 0 aromatic heterocycles.